The zero-order valence-corrected chi connectivity index (χ0v) is 15.6. The van der Waals surface area contributed by atoms with Gasteiger partial charge in [-0.05, 0) is 44.0 Å². The lowest BCUT2D eigenvalue weighted by atomic mass is 9.83. The molecule has 1 saturated heterocycles. The van der Waals surface area contributed by atoms with Crippen molar-refractivity contribution in [2.75, 3.05) is 19.6 Å². The van der Waals surface area contributed by atoms with Gasteiger partial charge in [-0.15, -0.1) is 0 Å². The summed E-state index contributed by atoms with van der Waals surface area (Å²) in [4.78, 5) is 26.1. The monoisotopic (exact) mass is 362 g/mol. The number of hydrogen-bond acceptors (Lipinski definition) is 3. The molecule has 6 nitrogen and oxygen atoms in total. The van der Waals surface area contributed by atoms with E-state index in [1.54, 1.807) is 6.07 Å². The number of aromatic nitrogens is 1. The Morgan fingerprint density at radius 1 is 1.36 bits per heavy atom. The van der Waals surface area contributed by atoms with Gasteiger partial charge in [-0.25, -0.2) is 0 Å². The van der Waals surface area contributed by atoms with Gasteiger partial charge in [-0.1, -0.05) is 13.0 Å². The highest BCUT2D eigenvalue weighted by atomic mass is 32.1. The van der Waals surface area contributed by atoms with Gasteiger partial charge >= 0.3 is 0 Å². The summed E-state index contributed by atoms with van der Waals surface area (Å²) < 4.78 is 1.91. The molecule has 0 saturated carbocycles. The van der Waals surface area contributed by atoms with E-state index in [0.717, 1.165) is 38.2 Å². The van der Waals surface area contributed by atoms with Crippen LogP contribution in [0.4, 0.5) is 0 Å². The molecule has 0 spiro atoms. The van der Waals surface area contributed by atoms with Crippen LogP contribution >= 0.6 is 12.2 Å². The van der Waals surface area contributed by atoms with Crippen molar-refractivity contribution in [3.05, 3.63) is 34.2 Å². The number of nitrogens with zero attached hydrogens (tertiary/aromatic N) is 2. The number of thiocarbonyl (C=S) groups is 1. The van der Waals surface area contributed by atoms with Crippen LogP contribution < -0.4 is 16.2 Å². The molecule has 3 rings (SSSR count). The van der Waals surface area contributed by atoms with Crippen molar-refractivity contribution in [2.24, 2.45) is 5.92 Å². The number of carbonyl (C=O) groups excluding carboxylic acids is 1. The van der Waals surface area contributed by atoms with Gasteiger partial charge in [0.1, 0.15) is 0 Å². The van der Waals surface area contributed by atoms with Crippen molar-refractivity contribution in [1.82, 2.24) is 20.1 Å². The van der Waals surface area contributed by atoms with Crippen LogP contribution in [-0.2, 0) is 11.3 Å². The molecule has 3 atom stereocenters. The molecule has 2 aliphatic heterocycles. The second kappa shape index (κ2) is 7.56. The summed E-state index contributed by atoms with van der Waals surface area (Å²) in [5, 5.41) is 6.64. The molecule has 0 aromatic carbocycles. The lowest BCUT2D eigenvalue weighted by Crippen LogP contribution is -2.53. The van der Waals surface area contributed by atoms with Crippen LogP contribution in [0.25, 0.3) is 0 Å². The summed E-state index contributed by atoms with van der Waals surface area (Å²) in [5.41, 5.74) is 1.19. The van der Waals surface area contributed by atoms with E-state index in [0.29, 0.717) is 16.9 Å². The standard InChI is InChI=1S/C18H26N4O2S/c1-3-12(2)20-16(23)8-19-18(25)21-9-13-7-14(11-21)15-5-4-6-17(24)22(15)10-13/h4-6,12-14H,3,7-11H2,1-2H3,(H,19,25)(H,20,23). The molecule has 3 heterocycles. The van der Waals surface area contributed by atoms with Gasteiger partial charge in [0, 0.05) is 43.4 Å². The fraction of sp³-hybridized carbons (Fsp3) is 0.611. The first-order valence-electron chi connectivity index (χ1n) is 8.99. The number of rotatable bonds is 4. The third-order valence-electron chi connectivity index (χ3n) is 5.19. The molecule has 1 aromatic rings. The Morgan fingerprint density at radius 2 is 2.16 bits per heavy atom. The third-order valence-corrected chi connectivity index (χ3v) is 5.59. The Hall–Kier alpha value is -1.89. The maximum atomic E-state index is 12.1. The average molecular weight is 362 g/mol. The van der Waals surface area contributed by atoms with E-state index in [1.165, 1.54) is 0 Å². The van der Waals surface area contributed by atoms with E-state index in [-0.39, 0.29) is 24.1 Å². The number of pyridine rings is 1. The van der Waals surface area contributed by atoms with Crippen molar-refractivity contribution in [2.45, 2.75) is 45.2 Å². The molecule has 1 aromatic heterocycles. The summed E-state index contributed by atoms with van der Waals surface area (Å²) in [5.74, 6) is 0.695. The fourth-order valence-electron chi connectivity index (χ4n) is 3.76. The Kier molecular flexibility index (Phi) is 5.42. The number of nitrogens with one attached hydrogen (secondary N) is 2. The normalized spacial score (nSPS) is 22.7. The van der Waals surface area contributed by atoms with Crippen LogP contribution in [0.1, 0.15) is 38.3 Å². The van der Waals surface area contributed by atoms with Gasteiger partial charge in [0.25, 0.3) is 5.56 Å². The largest absolute Gasteiger partial charge is 0.354 e. The number of carbonyl (C=O) groups is 1. The fourth-order valence-corrected chi connectivity index (χ4v) is 3.98. The van der Waals surface area contributed by atoms with E-state index in [4.69, 9.17) is 12.2 Å². The summed E-state index contributed by atoms with van der Waals surface area (Å²) in [6.07, 6.45) is 2.00. The number of fused-ring (bicyclic) bond motifs is 4. The number of amides is 1. The number of piperidine rings is 1. The van der Waals surface area contributed by atoms with Gasteiger partial charge in [0.2, 0.25) is 5.91 Å². The topological polar surface area (TPSA) is 66.4 Å². The Balaban J connectivity index is 1.60. The predicted octanol–water partition coefficient (Wildman–Crippen LogP) is 1.06. The van der Waals surface area contributed by atoms with E-state index < -0.39 is 0 Å². The second-order valence-corrected chi connectivity index (χ2v) is 7.53. The highest BCUT2D eigenvalue weighted by molar-refractivity contribution is 7.80. The van der Waals surface area contributed by atoms with Crippen molar-refractivity contribution in [1.29, 1.82) is 0 Å². The maximum Gasteiger partial charge on any atom is 0.250 e. The molecule has 136 valence electrons. The van der Waals surface area contributed by atoms with Crippen LogP contribution in [0.15, 0.2) is 23.0 Å². The minimum Gasteiger partial charge on any atom is -0.354 e. The maximum absolute atomic E-state index is 12.1. The predicted molar refractivity (Wildman–Crippen MR) is 102 cm³/mol. The average Bonchev–Trinajstić information content (AvgIpc) is 2.60. The first-order chi connectivity index (χ1) is 12.0. The molecular formula is C18H26N4O2S. The summed E-state index contributed by atoms with van der Waals surface area (Å²) in [7, 11) is 0. The van der Waals surface area contributed by atoms with Gasteiger partial charge < -0.3 is 20.1 Å². The summed E-state index contributed by atoms with van der Waals surface area (Å²) in [6, 6.07) is 5.68. The van der Waals surface area contributed by atoms with Gasteiger partial charge in [-0.2, -0.15) is 0 Å². The van der Waals surface area contributed by atoms with E-state index in [2.05, 4.69) is 15.5 Å². The van der Waals surface area contributed by atoms with Crippen LogP contribution in [-0.4, -0.2) is 46.2 Å². The Labute approximate surface area is 153 Å². The Bertz CT molecular complexity index is 717. The van der Waals surface area contributed by atoms with E-state index >= 15 is 0 Å². The van der Waals surface area contributed by atoms with Gasteiger partial charge in [-0.3, -0.25) is 9.59 Å². The van der Waals surface area contributed by atoms with Crippen molar-refractivity contribution < 1.29 is 4.79 Å². The quantitative estimate of drug-likeness (QED) is 0.784. The summed E-state index contributed by atoms with van der Waals surface area (Å²) in [6.45, 7) is 6.60. The second-order valence-electron chi connectivity index (χ2n) is 7.14. The zero-order valence-electron chi connectivity index (χ0n) is 14.8. The zero-order chi connectivity index (χ0) is 18.0. The lowest BCUT2D eigenvalue weighted by Gasteiger charge is -2.43. The molecule has 7 heteroatoms. The molecule has 1 amide bonds. The van der Waals surface area contributed by atoms with Gasteiger partial charge in [0.05, 0.1) is 6.54 Å². The molecule has 0 aliphatic carbocycles. The highest BCUT2D eigenvalue weighted by Crippen LogP contribution is 2.34. The van der Waals surface area contributed by atoms with E-state index in [1.807, 2.05) is 30.5 Å². The Morgan fingerprint density at radius 3 is 2.92 bits per heavy atom. The number of likely N-dealkylation sites (tertiary alicyclic amines) is 1. The minimum absolute atomic E-state index is 0.0363. The van der Waals surface area contributed by atoms with Crippen molar-refractivity contribution >= 4 is 23.2 Å². The van der Waals surface area contributed by atoms with Crippen LogP contribution in [0.2, 0.25) is 0 Å². The van der Waals surface area contributed by atoms with Crippen LogP contribution in [0, 0.1) is 5.92 Å². The lowest BCUT2D eigenvalue weighted by molar-refractivity contribution is -0.120. The van der Waals surface area contributed by atoms with Crippen molar-refractivity contribution in [3.63, 3.8) is 0 Å². The molecule has 1 fully saturated rings. The van der Waals surface area contributed by atoms with Crippen LogP contribution in [0.5, 0.6) is 0 Å². The SMILES string of the molecule is CCC(C)NC(=O)CNC(=S)N1CC2CC(C1)c1cccc(=O)n1C2. The van der Waals surface area contributed by atoms with Crippen LogP contribution in [0.3, 0.4) is 0 Å². The molecule has 3 unspecified atom stereocenters. The molecule has 2 bridgehead atoms. The molecular weight excluding hydrogens is 336 g/mol. The molecule has 0 radical (unpaired) electrons. The molecule has 2 aliphatic rings. The first kappa shape index (κ1) is 17.9. The highest BCUT2D eigenvalue weighted by Gasteiger charge is 2.35. The number of hydrogen-bond donors (Lipinski definition) is 2. The van der Waals surface area contributed by atoms with Gasteiger partial charge in [0.15, 0.2) is 5.11 Å². The first-order valence-corrected chi connectivity index (χ1v) is 9.40. The molecule has 2 N–H and O–H groups in total. The van der Waals surface area contributed by atoms with Crippen molar-refractivity contribution in [3.8, 4) is 0 Å². The minimum atomic E-state index is -0.0363. The third kappa shape index (κ3) is 4.03. The molecule has 25 heavy (non-hydrogen) atoms. The summed E-state index contributed by atoms with van der Waals surface area (Å²) >= 11 is 5.50. The smallest absolute Gasteiger partial charge is 0.250 e. The van der Waals surface area contributed by atoms with E-state index in [9.17, 15) is 9.59 Å².